The lowest BCUT2D eigenvalue weighted by atomic mass is 10.1. The minimum absolute atomic E-state index is 0.122. The Hall–Kier alpha value is -2.63. The second kappa shape index (κ2) is 8.12. The molecule has 4 nitrogen and oxygen atoms in total. The van der Waals surface area contributed by atoms with Crippen molar-refractivity contribution in [2.45, 2.75) is 19.5 Å². The fourth-order valence-electron chi connectivity index (χ4n) is 2.07. The molecule has 0 aliphatic heterocycles. The van der Waals surface area contributed by atoms with E-state index in [0.717, 1.165) is 5.56 Å². The molecule has 23 heavy (non-hydrogen) atoms. The van der Waals surface area contributed by atoms with Crippen molar-refractivity contribution >= 4 is 11.6 Å². The maximum atomic E-state index is 12.4. The number of rotatable bonds is 7. The van der Waals surface area contributed by atoms with Gasteiger partial charge < -0.3 is 14.8 Å². The minimum atomic E-state index is -2.96. The highest BCUT2D eigenvalue weighted by molar-refractivity contribution is 5.91. The average molecular weight is 321 g/mol. The average Bonchev–Trinajstić information content (AvgIpc) is 2.54. The predicted octanol–water partition coefficient (Wildman–Crippen LogP) is 3.87. The zero-order valence-corrected chi connectivity index (χ0v) is 12.6. The molecule has 6 heteroatoms. The van der Waals surface area contributed by atoms with Gasteiger partial charge in [0.25, 0.3) is 0 Å². The number of methoxy groups -OCH3 is 1. The lowest BCUT2D eigenvalue weighted by Gasteiger charge is -2.12. The van der Waals surface area contributed by atoms with Gasteiger partial charge in [-0.05, 0) is 24.1 Å². The van der Waals surface area contributed by atoms with Crippen molar-refractivity contribution in [2.75, 3.05) is 12.4 Å². The van der Waals surface area contributed by atoms with Gasteiger partial charge in [0, 0.05) is 18.2 Å². The van der Waals surface area contributed by atoms with Crippen LogP contribution in [-0.2, 0) is 11.2 Å². The van der Waals surface area contributed by atoms with E-state index < -0.39 is 6.61 Å². The second-order valence-electron chi connectivity index (χ2n) is 4.78. The molecule has 0 spiro atoms. The number of alkyl halides is 2. The van der Waals surface area contributed by atoms with Crippen LogP contribution in [0.25, 0.3) is 0 Å². The highest BCUT2D eigenvalue weighted by Gasteiger charge is 2.12. The number of halogens is 2. The van der Waals surface area contributed by atoms with Crippen LogP contribution in [0.3, 0.4) is 0 Å². The number of carbonyl (C=O) groups is 1. The second-order valence-corrected chi connectivity index (χ2v) is 4.78. The fraction of sp³-hybridized carbons (Fsp3) is 0.235. The molecule has 0 aromatic heterocycles. The Morgan fingerprint density at radius 2 is 1.87 bits per heavy atom. The van der Waals surface area contributed by atoms with Gasteiger partial charge in [-0.3, -0.25) is 4.79 Å². The zero-order valence-electron chi connectivity index (χ0n) is 12.6. The van der Waals surface area contributed by atoms with Crippen molar-refractivity contribution in [2.24, 2.45) is 0 Å². The molecule has 0 saturated heterocycles. The molecule has 0 aliphatic carbocycles. The van der Waals surface area contributed by atoms with Crippen molar-refractivity contribution in [3.05, 3.63) is 54.1 Å². The summed E-state index contributed by atoms with van der Waals surface area (Å²) in [6, 6.07) is 13.9. The van der Waals surface area contributed by atoms with Gasteiger partial charge in [0.15, 0.2) is 11.5 Å². The molecule has 0 bridgehead atoms. The number of nitrogens with one attached hydrogen (secondary N) is 1. The van der Waals surface area contributed by atoms with E-state index in [1.165, 1.54) is 19.2 Å². The maximum absolute atomic E-state index is 12.4. The Bertz CT molecular complexity index is 648. The minimum Gasteiger partial charge on any atom is -0.493 e. The molecule has 122 valence electrons. The lowest BCUT2D eigenvalue weighted by Crippen LogP contribution is -2.12. The van der Waals surface area contributed by atoms with E-state index in [9.17, 15) is 13.6 Å². The molecule has 0 radical (unpaired) electrons. The molecule has 0 heterocycles. The predicted molar refractivity (Wildman–Crippen MR) is 83.0 cm³/mol. The van der Waals surface area contributed by atoms with Crippen LogP contribution >= 0.6 is 0 Å². The molecule has 2 aromatic rings. The largest absolute Gasteiger partial charge is 0.493 e. The Kier molecular flexibility index (Phi) is 5.91. The number of benzene rings is 2. The molecule has 0 aliphatic rings. The van der Waals surface area contributed by atoms with Crippen molar-refractivity contribution in [1.82, 2.24) is 0 Å². The van der Waals surface area contributed by atoms with Gasteiger partial charge in [-0.15, -0.1) is 0 Å². The Morgan fingerprint density at radius 1 is 1.13 bits per heavy atom. The first-order valence-electron chi connectivity index (χ1n) is 7.05. The van der Waals surface area contributed by atoms with Gasteiger partial charge in [0.2, 0.25) is 5.91 Å². The zero-order chi connectivity index (χ0) is 16.7. The Labute approximate surface area is 133 Å². The van der Waals surface area contributed by atoms with Gasteiger partial charge in [-0.1, -0.05) is 30.3 Å². The Balaban J connectivity index is 1.97. The van der Waals surface area contributed by atoms with E-state index in [1.54, 1.807) is 6.07 Å². The standard InChI is InChI=1S/C17H17F2NO3/c1-22-14-9-8-13(11-15(14)23-17(18)19)20-16(21)10-7-12-5-3-2-4-6-12/h2-6,8-9,11,17H,7,10H2,1H3,(H,20,21). The van der Waals surface area contributed by atoms with Crippen molar-refractivity contribution in [1.29, 1.82) is 0 Å². The summed E-state index contributed by atoms with van der Waals surface area (Å²) in [5, 5.41) is 2.66. The van der Waals surface area contributed by atoms with Gasteiger partial charge in [-0.2, -0.15) is 8.78 Å². The summed E-state index contributed by atoms with van der Waals surface area (Å²) in [6.07, 6.45) is 0.893. The normalized spacial score (nSPS) is 10.4. The molecule has 2 aromatic carbocycles. The SMILES string of the molecule is COc1ccc(NC(=O)CCc2ccccc2)cc1OC(F)F. The number of carbonyl (C=O) groups excluding carboxylic acids is 1. The van der Waals surface area contributed by atoms with E-state index >= 15 is 0 Å². The molecule has 0 unspecified atom stereocenters. The van der Waals surface area contributed by atoms with Gasteiger partial charge in [-0.25, -0.2) is 0 Å². The summed E-state index contributed by atoms with van der Waals surface area (Å²) in [6.45, 7) is -2.96. The van der Waals surface area contributed by atoms with Crippen LogP contribution in [0, 0.1) is 0 Å². The van der Waals surface area contributed by atoms with Crippen LogP contribution in [0.1, 0.15) is 12.0 Å². The maximum Gasteiger partial charge on any atom is 0.387 e. The fourth-order valence-corrected chi connectivity index (χ4v) is 2.07. The van der Waals surface area contributed by atoms with E-state index in [0.29, 0.717) is 18.5 Å². The molecule has 1 amide bonds. The topological polar surface area (TPSA) is 47.6 Å². The Morgan fingerprint density at radius 3 is 2.52 bits per heavy atom. The van der Waals surface area contributed by atoms with Crippen LogP contribution in [0.15, 0.2) is 48.5 Å². The number of anilines is 1. The van der Waals surface area contributed by atoms with Crippen LogP contribution < -0.4 is 14.8 Å². The molecule has 0 atom stereocenters. The van der Waals surface area contributed by atoms with Crippen molar-refractivity contribution in [3.63, 3.8) is 0 Å². The third-order valence-corrected chi connectivity index (χ3v) is 3.15. The summed E-state index contributed by atoms with van der Waals surface area (Å²) >= 11 is 0. The molecular weight excluding hydrogens is 304 g/mol. The third-order valence-electron chi connectivity index (χ3n) is 3.15. The molecule has 1 N–H and O–H groups in total. The van der Waals surface area contributed by atoms with E-state index in [2.05, 4.69) is 10.1 Å². The van der Waals surface area contributed by atoms with Crippen molar-refractivity contribution in [3.8, 4) is 11.5 Å². The highest BCUT2D eigenvalue weighted by Crippen LogP contribution is 2.31. The number of ether oxygens (including phenoxy) is 2. The first-order valence-corrected chi connectivity index (χ1v) is 7.05. The summed E-state index contributed by atoms with van der Waals surface area (Å²) in [7, 11) is 1.35. The monoisotopic (exact) mass is 321 g/mol. The van der Waals surface area contributed by atoms with Crippen LogP contribution in [0.4, 0.5) is 14.5 Å². The first-order chi connectivity index (χ1) is 11.1. The summed E-state index contributed by atoms with van der Waals surface area (Å²) in [5.74, 6) is -0.155. The van der Waals surface area contributed by atoms with Crippen LogP contribution in [-0.4, -0.2) is 19.6 Å². The first kappa shape index (κ1) is 16.7. The molecule has 0 saturated carbocycles. The summed E-state index contributed by atoms with van der Waals surface area (Å²) in [4.78, 5) is 11.9. The third kappa shape index (κ3) is 5.25. The highest BCUT2D eigenvalue weighted by atomic mass is 19.3. The smallest absolute Gasteiger partial charge is 0.387 e. The summed E-state index contributed by atoms with van der Waals surface area (Å²) < 4.78 is 34.1. The van der Waals surface area contributed by atoms with Crippen LogP contribution in [0.2, 0.25) is 0 Å². The van der Waals surface area contributed by atoms with E-state index in [4.69, 9.17) is 4.74 Å². The lowest BCUT2D eigenvalue weighted by molar-refractivity contribution is -0.116. The number of amides is 1. The van der Waals surface area contributed by atoms with Crippen molar-refractivity contribution < 1.29 is 23.0 Å². The van der Waals surface area contributed by atoms with Gasteiger partial charge in [0.1, 0.15) is 0 Å². The summed E-state index contributed by atoms with van der Waals surface area (Å²) in [5.41, 5.74) is 1.43. The molecular formula is C17H17F2NO3. The van der Waals surface area contributed by atoms with E-state index in [1.807, 2.05) is 30.3 Å². The van der Waals surface area contributed by atoms with E-state index in [-0.39, 0.29) is 17.4 Å². The molecule has 2 rings (SSSR count). The molecule has 0 fully saturated rings. The number of hydrogen-bond acceptors (Lipinski definition) is 3. The number of hydrogen-bond donors (Lipinski definition) is 1. The van der Waals surface area contributed by atoms with Crippen LogP contribution in [0.5, 0.6) is 11.5 Å². The van der Waals surface area contributed by atoms with Gasteiger partial charge in [0.05, 0.1) is 7.11 Å². The quantitative estimate of drug-likeness (QED) is 0.842. The van der Waals surface area contributed by atoms with Gasteiger partial charge >= 0.3 is 6.61 Å². The number of aryl methyl sites for hydroxylation is 1.